The van der Waals surface area contributed by atoms with Crippen molar-refractivity contribution in [1.82, 2.24) is 0 Å². The molecule has 0 unspecified atom stereocenters. The molecule has 1 aliphatic heterocycles. The molecule has 3 rings (SSSR count). The molecular weight excluding hydrogens is 230 g/mol. The Balaban J connectivity index is 1.77. The minimum Gasteiger partial charge on any atom is -0.359 e. The summed E-state index contributed by atoms with van der Waals surface area (Å²) in [6.45, 7) is 0. The molecule has 0 N–H and O–H groups in total. The number of hydrogen-bond acceptors (Lipinski definition) is 3. The van der Waals surface area contributed by atoms with Crippen LogP contribution in [0, 0.1) is 10.1 Å². The van der Waals surface area contributed by atoms with Gasteiger partial charge in [0.05, 0.1) is 4.92 Å². The minimum absolute atomic E-state index is 0.0215. The number of non-ortho nitro benzene ring substituents is 1. The maximum Gasteiger partial charge on any atom is 0.269 e. The van der Waals surface area contributed by atoms with Gasteiger partial charge in [-0.25, -0.2) is 0 Å². The first-order valence-electron chi connectivity index (χ1n) is 5.70. The van der Waals surface area contributed by atoms with Crippen molar-refractivity contribution >= 4 is 5.69 Å². The summed E-state index contributed by atoms with van der Waals surface area (Å²) < 4.78 is 5.62. The van der Waals surface area contributed by atoms with E-state index in [1.54, 1.807) is 12.1 Å². The number of nitrogens with zero attached hydrogens (tertiary/aromatic N) is 1. The Morgan fingerprint density at radius 2 is 1.44 bits per heavy atom. The van der Waals surface area contributed by atoms with Gasteiger partial charge in [0, 0.05) is 12.1 Å². The number of ether oxygens (including phenoxy) is 1. The molecule has 2 aromatic carbocycles. The fourth-order valence-corrected chi connectivity index (χ4v) is 2.05. The molecular formula is C14H11NO3. The number of nitro benzene ring substituents is 1. The molecule has 4 nitrogen and oxygen atoms in total. The quantitative estimate of drug-likeness (QED) is 0.470. The molecule has 0 aromatic heterocycles. The van der Waals surface area contributed by atoms with Gasteiger partial charge in [-0.05, 0) is 23.3 Å². The average Bonchev–Trinajstić information content (AvgIpc) is 3.20. The Bertz CT molecular complexity index is 565. The Kier molecular flexibility index (Phi) is 2.57. The van der Waals surface area contributed by atoms with E-state index >= 15 is 0 Å². The molecule has 2 atom stereocenters. The summed E-state index contributed by atoms with van der Waals surface area (Å²) in [7, 11) is 0. The third-order valence-electron chi connectivity index (χ3n) is 3.05. The molecule has 1 fully saturated rings. The molecule has 1 saturated heterocycles. The van der Waals surface area contributed by atoms with Gasteiger partial charge in [-0.15, -0.1) is 0 Å². The zero-order valence-corrected chi connectivity index (χ0v) is 9.52. The Morgan fingerprint density at radius 3 is 2.00 bits per heavy atom. The summed E-state index contributed by atoms with van der Waals surface area (Å²) in [6, 6.07) is 16.5. The lowest BCUT2D eigenvalue weighted by molar-refractivity contribution is -0.384. The highest BCUT2D eigenvalue weighted by Gasteiger charge is 2.41. The largest absolute Gasteiger partial charge is 0.359 e. The fraction of sp³-hybridized carbons (Fsp3) is 0.143. The Morgan fingerprint density at radius 1 is 0.889 bits per heavy atom. The van der Waals surface area contributed by atoms with Crippen LogP contribution in [0.25, 0.3) is 0 Å². The van der Waals surface area contributed by atoms with Crippen molar-refractivity contribution in [3.8, 4) is 0 Å². The van der Waals surface area contributed by atoms with Crippen molar-refractivity contribution in [3.05, 3.63) is 75.8 Å². The summed E-state index contributed by atoms with van der Waals surface area (Å²) in [5.74, 6) is 0. The maximum absolute atomic E-state index is 10.6. The first-order valence-corrected chi connectivity index (χ1v) is 5.70. The van der Waals surface area contributed by atoms with Crippen LogP contribution in [0.15, 0.2) is 54.6 Å². The lowest BCUT2D eigenvalue weighted by atomic mass is 10.0. The van der Waals surface area contributed by atoms with Gasteiger partial charge in [0.2, 0.25) is 0 Å². The highest BCUT2D eigenvalue weighted by Crippen LogP contribution is 2.50. The zero-order valence-electron chi connectivity index (χ0n) is 9.52. The second-order valence-corrected chi connectivity index (χ2v) is 4.24. The molecule has 0 radical (unpaired) electrons. The van der Waals surface area contributed by atoms with Crippen molar-refractivity contribution < 1.29 is 9.66 Å². The van der Waals surface area contributed by atoms with Gasteiger partial charge in [-0.3, -0.25) is 10.1 Å². The smallest absolute Gasteiger partial charge is 0.269 e. The highest BCUT2D eigenvalue weighted by molar-refractivity contribution is 5.37. The second-order valence-electron chi connectivity index (χ2n) is 4.24. The molecule has 0 amide bonds. The van der Waals surface area contributed by atoms with Crippen LogP contribution in [0.3, 0.4) is 0 Å². The molecule has 2 aromatic rings. The predicted molar refractivity (Wildman–Crippen MR) is 66.1 cm³/mol. The minimum atomic E-state index is -0.397. The van der Waals surface area contributed by atoms with Gasteiger partial charge in [-0.1, -0.05) is 30.3 Å². The monoisotopic (exact) mass is 241 g/mol. The molecule has 90 valence electrons. The molecule has 0 spiro atoms. The van der Waals surface area contributed by atoms with E-state index < -0.39 is 4.92 Å². The van der Waals surface area contributed by atoms with Crippen LogP contribution in [0.4, 0.5) is 5.69 Å². The summed E-state index contributed by atoms with van der Waals surface area (Å²) in [6.07, 6.45) is 0.0980. The van der Waals surface area contributed by atoms with Crippen molar-refractivity contribution in [2.75, 3.05) is 0 Å². The van der Waals surface area contributed by atoms with Crippen molar-refractivity contribution in [2.45, 2.75) is 12.2 Å². The van der Waals surface area contributed by atoms with Crippen LogP contribution >= 0.6 is 0 Å². The van der Waals surface area contributed by atoms with Crippen LogP contribution in [0.5, 0.6) is 0 Å². The standard InChI is InChI=1S/C14H11NO3/c16-15(17)12-8-6-11(7-9-12)14-13(18-14)10-4-2-1-3-5-10/h1-9,13-14H/t13-,14+/m1/s1. The Labute approximate surface area is 104 Å². The first kappa shape index (κ1) is 10.9. The van der Waals surface area contributed by atoms with Crippen molar-refractivity contribution in [3.63, 3.8) is 0 Å². The molecule has 0 saturated carbocycles. The molecule has 1 aliphatic rings. The zero-order chi connectivity index (χ0) is 12.5. The van der Waals surface area contributed by atoms with Gasteiger partial charge in [0.1, 0.15) is 12.2 Å². The normalized spacial score (nSPS) is 21.6. The topological polar surface area (TPSA) is 55.7 Å². The third-order valence-corrected chi connectivity index (χ3v) is 3.05. The van der Waals surface area contributed by atoms with Crippen molar-refractivity contribution in [1.29, 1.82) is 0 Å². The van der Waals surface area contributed by atoms with Crippen LogP contribution in [0.2, 0.25) is 0 Å². The summed E-state index contributed by atoms with van der Waals surface area (Å²) in [5, 5.41) is 10.6. The van der Waals surface area contributed by atoms with Crippen molar-refractivity contribution in [2.24, 2.45) is 0 Å². The number of epoxide rings is 1. The van der Waals surface area contributed by atoms with Crippen LogP contribution in [0.1, 0.15) is 23.3 Å². The van der Waals surface area contributed by atoms with Crippen LogP contribution in [-0.4, -0.2) is 4.92 Å². The predicted octanol–water partition coefficient (Wildman–Crippen LogP) is 3.41. The number of hydrogen-bond donors (Lipinski definition) is 0. The van der Waals surface area contributed by atoms with E-state index in [0.29, 0.717) is 0 Å². The van der Waals surface area contributed by atoms with E-state index in [1.165, 1.54) is 12.1 Å². The van der Waals surface area contributed by atoms with E-state index in [0.717, 1.165) is 11.1 Å². The van der Waals surface area contributed by atoms with E-state index in [9.17, 15) is 10.1 Å². The lowest BCUT2D eigenvalue weighted by Gasteiger charge is -1.97. The van der Waals surface area contributed by atoms with Crippen LogP contribution < -0.4 is 0 Å². The number of rotatable bonds is 3. The third kappa shape index (κ3) is 1.98. The number of nitro groups is 1. The van der Waals surface area contributed by atoms with Gasteiger partial charge < -0.3 is 4.74 Å². The summed E-state index contributed by atoms with van der Waals surface area (Å²) in [4.78, 5) is 10.2. The second kappa shape index (κ2) is 4.23. The maximum atomic E-state index is 10.6. The van der Waals surface area contributed by atoms with E-state index in [4.69, 9.17) is 4.74 Å². The molecule has 18 heavy (non-hydrogen) atoms. The van der Waals surface area contributed by atoms with E-state index in [-0.39, 0.29) is 17.9 Å². The van der Waals surface area contributed by atoms with Gasteiger partial charge in [-0.2, -0.15) is 0 Å². The summed E-state index contributed by atoms with van der Waals surface area (Å²) >= 11 is 0. The molecule has 0 aliphatic carbocycles. The van der Waals surface area contributed by atoms with Gasteiger partial charge >= 0.3 is 0 Å². The molecule has 1 heterocycles. The van der Waals surface area contributed by atoms with E-state index in [2.05, 4.69) is 0 Å². The Hall–Kier alpha value is -2.20. The van der Waals surface area contributed by atoms with Gasteiger partial charge in [0.15, 0.2) is 0 Å². The van der Waals surface area contributed by atoms with Gasteiger partial charge in [0.25, 0.3) is 5.69 Å². The van der Waals surface area contributed by atoms with E-state index in [1.807, 2.05) is 30.3 Å². The van der Waals surface area contributed by atoms with Crippen LogP contribution in [-0.2, 0) is 4.74 Å². The first-order chi connectivity index (χ1) is 8.75. The lowest BCUT2D eigenvalue weighted by Crippen LogP contribution is -1.89. The fourth-order valence-electron chi connectivity index (χ4n) is 2.05. The SMILES string of the molecule is O=[N+]([O-])c1ccc([C@@H]2O[C@@H]2c2ccccc2)cc1. The number of benzene rings is 2. The average molecular weight is 241 g/mol. The summed E-state index contributed by atoms with van der Waals surface area (Å²) in [5.41, 5.74) is 2.23. The molecule has 0 bridgehead atoms. The molecule has 4 heteroatoms. The highest BCUT2D eigenvalue weighted by atomic mass is 16.6.